The molecular weight excluding hydrogens is 480 g/mol. The zero-order valence-electron chi connectivity index (χ0n) is 17.7. The summed E-state index contributed by atoms with van der Waals surface area (Å²) in [5.41, 5.74) is 2.39. The molecule has 0 saturated heterocycles. The Balaban J connectivity index is 1.59. The van der Waals surface area contributed by atoms with E-state index in [0.29, 0.717) is 32.5 Å². The molecule has 33 heavy (non-hydrogen) atoms. The zero-order valence-corrected chi connectivity index (χ0v) is 20.1. The number of benzene rings is 2. The van der Waals surface area contributed by atoms with E-state index in [0.717, 1.165) is 0 Å². The highest BCUT2D eigenvalue weighted by Gasteiger charge is 2.21. The lowest BCUT2D eigenvalue weighted by atomic mass is 10.2. The molecule has 0 aliphatic rings. The number of para-hydroxylation sites is 1. The number of aromatic nitrogens is 2. The van der Waals surface area contributed by atoms with Gasteiger partial charge in [-0.15, -0.1) is 11.3 Å². The summed E-state index contributed by atoms with van der Waals surface area (Å²) < 4.78 is 28.5. The molecule has 0 aliphatic heterocycles. The van der Waals surface area contributed by atoms with Crippen LogP contribution in [0.4, 0.5) is 11.4 Å². The number of hydrogen-bond donors (Lipinski definition) is 2. The number of aryl methyl sites for hydroxylation is 2. The van der Waals surface area contributed by atoms with Crippen LogP contribution < -0.4 is 10.0 Å². The smallest absolute Gasteiger partial charge is 0.267 e. The number of nitrogens with one attached hydrogen (secondary N) is 2. The first kappa shape index (κ1) is 22.9. The normalized spacial score (nSPS) is 11.2. The average molecular weight is 499 g/mol. The fourth-order valence-electron chi connectivity index (χ4n) is 3.10. The second-order valence-electron chi connectivity index (χ2n) is 7.17. The number of amides is 1. The van der Waals surface area contributed by atoms with Gasteiger partial charge in [-0.1, -0.05) is 35.9 Å². The molecule has 2 aromatic heterocycles. The minimum atomic E-state index is -3.93. The van der Waals surface area contributed by atoms with Crippen LogP contribution in [0, 0.1) is 13.8 Å². The third-order valence-electron chi connectivity index (χ3n) is 4.74. The van der Waals surface area contributed by atoms with Crippen molar-refractivity contribution < 1.29 is 13.2 Å². The predicted octanol–water partition coefficient (Wildman–Crippen LogP) is 5.53. The Morgan fingerprint density at radius 3 is 2.52 bits per heavy atom. The van der Waals surface area contributed by atoms with E-state index >= 15 is 0 Å². The molecule has 0 aliphatic carbocycles. The Bertz CT molecular complexity index is 1440. The Kier molecular flexibility index (Phi) is 6.46. The van der Waals surface area contributed by atoms with Gasteiger partial charge in [0.15, 0.2) is 0 Å². The van der Waals surface area contributed by atoms with E-state index in [9.17, 15) is 13.2 Å². The number of rotatable bonds is 6. The second kappa shape index (κ2) is 9.30. The third-order valence-corrected chi connectivity index (χ3v) is 7.76. The number of carbonyl (C=O) groups excluding carboxylic acids is 1. The van der Waals surface area contributed by atoms with Gasteiger partial charge in [0.05, 0.1) is 27.0 Å². The molecule has 0 spiro atoms. The van der Waals surface area contributed by atoms with E-state index in [1.165, 1.54) is 17.4 Å². The summed E-state index contributed by atoms with van der Waals surface area (Å²) in [6.45, 7) is 3.43. The van der Waals surface area contributed by atoms with Crippen molar-refractivity contribution in [2.24, 2.45) is 0 Å². The molecule has 1 amide bonds. The molecule has 7 nitrogen and oxygen atoms in total. The first-order chi connectivity index (χ1) is 15.7. The van der Waals surface area contributed by atoms with Gasteiger partial charge in [0, 0.05) is 11.9 Å². The lowest BCUT2D eigenvalue weighted by Crippen LogP contribution is -2.16. The highest BCUT2D eigenvalue weighted by Crippen LogP contribution is 2.29. The van der Waals surface area contributed by atoms with E-state index in [2.05, 4.69) is 20.0 Å². The van der Waals surface area contributed by atoms with Crippen LogP contribution in [0.3, 0.4) is 0 Å². The molecule has 0 saturated carbocycles. The third kappa shape index (κ3) is 5.05. The predicted molar refractivity (Wildman–Crippen MR) is 131 cm³/mol. The molecule has 4 aromatic rings. The maximum Gasteiger partial charge on any atom is 0.267 e. The van der Waals surface area contributed by atoms with Crippen LogP contribution in [-0.4, -0.2) is 24.3 Å². The van der Waals surface area contributed by atoms with Gasteiger partial charge in [-0.25, -0.2) is 13.4 Å². The van der Waals surface area contributed by atoms with Gasteiger partial charge in [-0.3, -0.25) is 14.5 Å². The van der Waals surface area contributed by atoms with Crippen molar-refractivity contribution in [2.45, 2.75) is 18.7 Å². The first-order valence-corrected chi connectivity index (χ1v) is 12.5. The van der Waals surface area contributed by atoms with Gasteiger partial charge in [-0.2, -0.15) is 0 Å². The summed E-state index contributed by atoms with van der Waals surface area (Å²) in [5, 5.41) is 3.69. The van der Waals surface area contributed by atoms with Crippen molar-refractivity contribution in [2.75, 3.05) is 10.0 Å². The van der Waals surface area contributed by atoms with Crippen LogP contribution in [0.15, 0.2) is 71.8 Å². The van der Waals surface area contributed by atoms with Gasteiger partial charge < -0.3 is 5.32 Å². The largest absolute Gasteiger partial charge is 0.321 e. The Morgan fingerprint density at radius 2 is 1.79 bits per heavy atom. The summed E-state index contributed by atoms with van der Waals surface area (Å²) in [6, 6.07) is 16.8. The number of halogens is 1. The van der Waals surface area contributed by atoms with Crippen LogP contribution in [0.25, 0.3) is 10.7 Å². The van der Waals surface area contributed by atoms with Crippen molar-refractivity contribution in [1.82, 2.24) is 9.97 Å². The van der Waals surface area contributed by atoms with Crippen molar-refractivity contribution in [3.05, 3.63) is 88.0 Å². The zero-order chi connectivity index (χ0) is 23.6. The molecule has 2 heterocycles. The topological polar surface area (TPSA) is 101 Å². The summed E-state index contributed by atoms with van der Waals surface area (Å²) in [6.07, 6.45) is 1.66. The number of pyridine rings is 1. The lowest BCUT2D eigenvalue weighted by molar-refractivity contribution is 0.102. The molecule has 2 N–H and O–H groups in total. The highest BCUT2D eigenvalue weighted by molar-refractivity contribution is 7.92. The van der Waals surface area contributed by atoms with E-state index in [4.69, 9.17) is 11.6 Å². The van der Waals surface area contributed by atoms with Crippen molar-refractivity contribution in [3.8, 4) is 10.7 Å². The molecule has 0 fully saturated rings. The Hall–Kier alpha value is -3.27. The van der Waals surface area contributed by atoms with Gasteiger partial charge in [0.1, 0.15) is 9.88 Å². The summed E-state index contributed by atoms with van der Waals surface area (Å²) >= 11 is 7.32. The minimum absolute atomic E-state index is 0.0374. The number of sulfonamides is 1. The van der Waals surface area contributed by atoms with Crippen molar-refractivity contribution in [1.29, 1.82) is 0 Å². The van der Waals surface area contributed by atoms with E-state index in [1.54, 1.807) is 62.5 Å². The standard InChI is InChI=1S/C23H19ClN4O3S2/c1-14-10-11-16(13-20(14)33(30,31)28-18-8-4-3-7-17(18)24)27-22(29)21-15(2)26-23(32-21)19-9-5-6-12-25-19/h3-13,28H,1-2H3,(H,27,29). The molecule has 2 aromatic carbocycles. The van der Waals surface area contributed by atoms with Gasteiger partial charge in [0.2, 0.25) is 0 Å². The van der Waals surface area contributed by atoms with Crippen LogP contribution in [0.5, 0.6) is 0 Å². The molecule has 0 bridgehead atoms. The molecule has 0 atom stereocenters. The quantitative estimate of drug-likeness (QED) is 0.364. The Morgan fingerprint density at radius 1 is 1.03 bits per heavy atom. The lowest BCUT2D eigenvalue weighted by Gasteiger charge is -2.13. The van der Waals surface area contributed by atoms with Gasteiger partial charge in [-0.05, 0) is 55.8 Å². The molecule has 4 rings (SSSR count). The molecular formula is C23H19ClN4O3S2. The fourth-order valence-corrected chi connectivity index (χ4v) is 5.63. The number of hydrogen-bond acceptors (Lipinski definition) is 6. The average Bonchev–Trinajstić information content (AvgIpc) is 3.19. The molecule has 0 radical (unpaired) electrons. The van der Waals surface area contributed by atoms with Crippen LogP contribution in [-0.2, 0) is 10.0 Å². The van der Waals surface area contributed by atoms with Gasteiger partial charge >= 0.3 is 0 Å². The number of carbonyl (C=O) groups is 1. The van der Waals surface area contributed by atoms with Crippen LogP contribution in [0.1, 0.15) is 20.9 Å². The summed E-state index contributed by atoms with van der Waals surface area (Å²) in [7, 11) is -3.93. The molecule has 168 valence electrons. The maximum absolute atomic E-state index is 13.0. The Labute approximate surface area is 200 Å². The minimum Gasteiger partial charge on any atom is -0.321 e. The monoisotopic (exact) mass is 498 g/mol. The fraction of sp³-hybridized carbons (Fsp3) is 0.0870. The van der Waals surface area contributed by atoms with Crippen molar-refractivity contribution >= 4 is 50.2 Å². The molecule has 10 heteroatoms. The number of nitrogens with zero attached hydrogens (tertiary/aromatic N) is 2. The summed E-state index contributed by atoms with van der Waals surface area (Å²) in [4.78, 5) is 22.1. The SMILES string of the molecule is Cc1ccc(NC(=O)c2sc(-c3ccccn3)nc2C)cc1S(=O)(=O)Nc1ccccc1Cl. The molecule has 0 unspecified atom stereocenters. The van der Waals surface area contributed by atoms with Crippen molar-refractivity contribution in [3.63, 3.8) is 0 Å². The first-order valence-electron chi connectivity index (χ1n) is 9.83. The second-order valence-corrected chi connectivity index (χ2v) is 10.2. The highest BCUT2D eigenvalue weighted by atomic mass is 35.5. The van der Waals surface area contributed by atoms with E-state index in [1.807, 2.05) is 12.1 Å². The number of thiazole rings is 1. The van der Waals surface area contributed by atoms with Crippen LogP contribution in [0.2, 0.25) is 5.02 Å². The summed E-state index contributed by atoms with van der Waals surface area (Å²) in [5.74, 6) is -0.376. The van der Waals surface area contributed by atoms with Gasteiger partial charge in [0.25, 0.3) is 15.9 Å². The van der Waals surface area contributed by atoms with E-state index in [-0.39, 0.29) is 21.5 Å². The van der Waals surface area contributed by atoms with Crippen LogP contribution >= 0.6 is 22.9 Å². The van der Waals surface area contributed by atoms with E-state index < -0.39 is 10.0 Å². The maximum atomic E-state index is 13.0. The number of anilines is 2.